The van der Waals surface area contributed by atoms with Gasteiger partial charge in [0.05, 0.1) is 5.69 Å². The van der Waals surface area contributed by atoms with Crippen molar-refractivity contribution in [3.8, 4) is 0 Å². The normalized spacial score (nSPS) is 16.2. The van der Waals surface area contributed by atoms with Crippen molar-refractivity contribution in [3.05, 3.63) is 24.0 Å². The minimum absolute atomic E-state index is 0.0511. The average Bonchev–Trinajstić information content (AvgIpc) is 2.46. The van der Waals surface area contributed by atoms with Crippen LogP contribution in [0.5, 0.6) is 0 Å². The van der Waals surface area contributed by atoms with Crippen LogP contribution in [0.1, 0.15) is 32.1 Å². The van der Waals surface area contributed by atoms with E-state index in [0.29, 0.717) is 0 Å². The maximum atomic E-state index is 14.0. The first-order chi connectivity index (χ1) is 10.8. The fourth-order valence-corrected chi connectivity index (χ4v) is 3.15. The molecule has 0 saturated heterocycles. The average molecular weight is 350 g/mol. The molecule has 0 heterocycles. The topological polar surface area (TPSA) is 32.3 Å². The first-order valence-corrected chi connectivity index (χ1v) is 8.17. The van der Waals surface area contributed by atoms with E-state index in [1.165, 1.54) is 13.1 Å². The van der Waals surface area contributed by atoms with Crippen LogP contribution in [0.4, 0.5) is 28.0 Å². The third-order valence-corrected chi connectivity index (χ3v) is 4.47. The smallest absolute Gasteiger partial charge is 0.335 e. The standard InChI is InChI=1S/C15H18F4N2OS/c1-21(14(22)20-10-5-3-2-4-6-10)13-8-7-11(9-12(13)16)23-15(17,18)19/h7-10H,2-6H2,1H3,(H,20,22). The highest BCUT2D eigenvalue weighted by molar-refractivity contribution is 8.00. The predicted molar refractivity (Wildman–Crippen MR) is 82.1 cm³/mol. The van der Waals surface area contributed by atoms with Gasteiger partial charge in [-0.25, -0.2) is 9.18 Å². The Balaban J connectivity index is 2.03. The molecule has 1 N–H and O–H groups in total. The summed E-state index contributed by atoms with van der Waals surface area (Å²) in [6.45, 7) is 0. The van der Waals surface area contributed by atoms with Crippen LogP contribution in [0, 0.1) is 5.82 Å². The van der Waals surface area contributed by atoms with Gasteiger partial charge < -0.3 is 5.32 Å². The largest absolute Gasteiger partial charge is 0.446 e. The van der Waals surface area contributed by atoms with E-state index in [1.54, 1.807) is 0 Å². The van der Waals surface area contributed by atoms with E-state index >= 15 is 0 Å². The summed E-state index contributed by atoms with van der Waals surface area (Å²) in [5.41, 5.74) is -4.53. The van der Waals surface area contributed by atoms with Gasteiger partial charge in [0.25, 0.3) is 0 Å². The van der Waals surface area contributed by atoms with Crippen molar-refractivity contribution in [2.75, 3.05) is 11.9 Å². The quantitative estimate of drug-likeness (QED) is 0.620. The molecule has 0 unspecified atom stereocenters. The second kappa shape index (κ2) is 7.42. The van der Waals surface area contributed by atoms with Gasteiger partial charge in [-0.3, -0.25) is 4.90 Å². The highest BCUT2D eigenvalue weighted by Crippen LogP contribution is 2.38. The van der Waals surface area contributed by atoms with E-state index in [2.05, 4.69) is 5.32 Å². The predicted octanol–water partition coefficient (Wildman–Crippen LogP) is 4.92. The summed E-state index contributed by atoms with van der Waals surface area (Å²) in [7, 11) is 1.40. The van der Waals surface area contributed by atoms with Gasteiger partial charge in [-0.15, -0.1) is 0 Å². The lowest BCUT2D eigenvalue weighted by Crippen LogP contribution is -2.44. The lowest BCUT2D eigenvalue weighted by molar-refractivity contribution is -0.0328. The zero-order valence-corrected chi connectivity index (χ0v) is 13.4. The van der Waals surface area contributed by atoms with Crippen LogP contribution < -0.4 is 10.2 Å². The third kappa shape index (κ3) is 5.30. The lowest BCUT2D eigenvalue weighted by atomic mass is 9.96. The number of rotatable bonds is 3. The van der Waals surface area contributed by atoms with E-state index < -0.39 is 17.4 Å². The van der Waals surface area contributed by atoms with Crippen LogP contribution in [0.15, 0.2) is 23.1 Å². The molecule has 0 bridgehead atoms. The van der Waals surface area contributed by atoms with Crippen molar-refractivity contribution in [2.24, 2.45) is 0 Å². The molecule has 1 aromatic rings. The molecule has 0 spiro atoms. The molecule has 0 aliphatic heterocycles. The monoisotopic (exact) mass is 350 g/mol. The fourth-order valence-electron chi connectivity index (χ4n) is 2.58. The Bertz CT molecular complexity index is 559. The van der Waals surface area contributed by atoms with Crippen LogP contribution in [-0.2, 0) is 0 Å². The maximum Gasteiger partial charge on any atom is 0.446 e. The molecule has 0 atom stereocenters. The number of benzene rings is 1. The van der Waals surface area contributed by atoms with E-state index in [-0.39, 0.29) is 28.4 Å². The molecule has 1 aliphatic rings. The zero-order chi connectivity index (χ0) is 17.0. The molecule has 3 nitrogen and oxygen atoms in total. The molecule has 8 heteroatoms. The second-order valence-electron chi connectivity index (χ2n) is 5.50. The number of nitrogens with one attached hydrogen (secondary N) is 1. The van der Waals surface area contributed by atoms with Crippen molar-refractivity contribution < 1.29 is 22.4 Å². The second-order valence-corrected chi connectivity index (χ2v) is 6.64. The summed E-state index contributed by atoms with van der Waals surface area (Å²) in [5.74, 6) is -0.861. The number of carbonyl (C=O) groups excluding carboxylic acids is 1. The minimum Gasteiger partial charge on any atom is -0.335 e. The van der Waals surface area contributed by atoms with Crippen molar-refractivity contribution in [2.45, 2.75) is 48.5 Å². The summed E-state index contributed by atoms with van der Waals surface area (Å²) >= 11 is -0.387. The number of nitrogens with zero attached hydrogens (tertiary/aromatic N) is 1. The van der Waals surface area contributed by atoms with Crippen molar-refractivity contribution in [1.82, 2.24) is 5.32 Å². The lowest BCUT2D eigenvalue weighted by Gasteiger charge is -2.26. The van der Waals surface area contributed by atoms with Crippen LogP contribution in [0.3, 0.4) is 0 Å². The SMILES string of the molecule is CN(C(=O)NC1CCCCC1)c1ccc(SC(F)(F)F)cc1F. The number of urea groups is 1. The number of halogens is 4. The number of carbonyl (C=O) groups is 1. The Hall–Kier alpha value is -1.44. The number of alkyl halides is 3. The summed E-state index contributed by atoms with van der Waals surface area (Å²) in [6, 6.07) is 2.75. The molecular formula is C15H18F4N2OS. The maximum absolute atomic E-state index is 14.0. The molecule has 1 fully saturated rings. The van der Waals surface area contributed by atoms with Crippen molar-refractivity contribution in [3.63, 3.8) is 0 Å². The van der Waals surface area contributed by atoms with Gasteiger partial charge >= 0.3 is 11.5 Å². The van der Waals surface area contributed by atoms with Crippen LogP contribution >= 0.6 is 11.8 Å². The number of anilines is 1. The molecule has 0 radical (unpaired) electrons. The highest BCUT2D eigenvalue weighted by Gasteiger charge is 2.30. The Morgan fingerprint density at radius 2 is 1.91 bits per heavy atom. The summed E-state index contributed by atoms with van der Waals surface area (Å²) in [6.07, 6.45) is 5.03. The van der Waals surface area contributed by atoms with Gasteiger partial charge in [-0.05, 0) is 42.8 Å². The van der Waals surface area contributed by atoms with Gasteiger partial charge in [0.15, 0.2) is 0 Å². The van der Waals surface area contributed by atoms with Gasteiger partial charge in [0.2, 0.25) is 0 Å². The molecule has 2 amide bonds. The Labute approximate surface area is 136 Å². The number of thioether (sulfide) groups is 1. The molecule has 1 aliphatic carbocycles. The van der Waals surface area contributed by atoms with Crippen molar-refractivity contribution in [1.29, 1.82) is 0 Å². The Morgan fingerprint density at radius 3 is 2.48 bits per heavy atom. The van der Waals surface area contributed by atoms with Crippen molar-refractivity contribution >= 4 is 23.5 Å². The summed E-state index contributed by atoms with van der Waals surface area (Å²) < 4.78 is 50.9. The van der Waals surface area contributed by atoms with E-state index in [1.807, 2.05) is 0 Å². The number of hydrogen-bond donors (Lipinski definition) is 1. The summed E-state index contributed by atoms with van der Waals surface area (Å²) in [4.78, 5) is 13.0. The molecule has 2 rings (SSSR count). The first kappa shape index (κ1) is 17.9. The Morgan fingerprint density at radius 1 is 1.26 bits per heavy atom. The van der Waals surface area contributed by atoms with Gasteiger partial charge in [-0.1, -0.05) is 19.3 Å². The van der Waals surface area contributed by atoms with E-state index in [9.17, 15) is 22.4 Å². The van der Waals surface area contributed by atoms with E-state index in [4.69, 9.17) is 0 Å². The molecule has 1 aromatic carbocycles. The highest BCUT2D eigenvalue weighted by atomic mass is 32.2. The van der Waals surface area contributed by atoms with Crippen LogP contribution in [0.2, 0.25) is 0 Å². The molecule has 128 valence electrons. The van der Waals surface area contributed by atoms with Crippen LogP contribution in [-0.4, -0.2) is 24.6 Å². The number of hydrogen-bond acceptors (Lipinski definition) is 2. The molecule has 0 aromatic heterocycles. The van der Waals surface area contributed by atoms with E-state index in [0.717, 1.165) is 49.1 Å². The zero-order valence-electron chi connectivity index (χ0n) is 12.6. The summed E-state index contributed by atoms with van der Waals surface area (Å²) in [5, 5.41) is 2.83. The third-order valence-electron chi connectivity index (χ3n) is 3.75. The molecular weight excluding hydrogens is 332 g/mol. The van der Waals surface area contributed by atoms with Gasteiger partial charge in [0.1, 0.15) is 5.82 Å². The van der Waals surface area contributed by atoms with Crippen LogP contribution in [0.25, 0.3) is 0 Å². The van der Waals surface area contributed by atoms with Gasteiger partial charge in [-0.2, -0.15) is 13.2 Å². The minimum atomic E-state index is -4.47. The Kier molecular flexibility index (Phi) is 5.78. The van der Waals surface area contributed by atoms with Gasteiger partial charge in [0, 0.05) is 18.0 Å². The molecule has 1 saturated carbocycles. The fraction of sp³-hybridized carbons (Fsp3) is 0.533. The molecule has 23 heavy (non-hydrogen) atoms. The first-order valence-electron chi connectivity index (χ1n) is 7.36. The number of amides is 2.